The van der Waals surface area contributed by atoms with Crippen LogP contribution in [0, 0.1) is 0 Å². The van der Waals surface area contributed by atoms with Gasteiger partial charge in [0.2, 0.25) is 0 Å². The Labute approximate surface area is 80.0 Å². The average Bonchev–Trinajstić information content (AvgIpc) is 2.52. The van der Waals surface area contributed by atoms with E-state index in [1.165, 1.54) is 0 Å². The Morgan fingerprint density at radius 2 is 2.23 bits per heavy atom. The molecule has 0 aliphatic carbocycles. The first-order valence-corrected chi connectivity index (χ1v) is 4.91. The molecule has 0 saturated heterocycles. The van der Waals surface area contributed by atoms with Crippen molar-refractivity contribution in [3.8, 4) is 0 Å². The summed E-state index contributed by atoms with van der Waals surface area (Å²) in [5.41, 5.74) is 5.88. The van der Waals surface area contributed by atoms with E-state index in [-0.39, 0.29) is 6.04 Å². The number of hydrogen-bond acceptors (Lipinski definition) is 2. The van der Waals surface area contributed by atoms with Crippen molar-refractivity contribution in [2.24, 2.45) is 5.73 Å². The summed E-state index contributed by atoms with van der Waals surface area (Å²) in [6.45, 7) is 7.28. The fourth-order valence-corrected chi connectivity index (χ4v) is 1.36. The van der Waals surface area contributed by atoms with Crippen LogP contribution in [-0.2, 0) is 6.54 Å². The second-order valence-corrected chi connectivity index (χ2v) is 3.76. The first-order valence-electron chi connectivity index (χ1n) is 4.91. The lowest BCUT2D eigenvalue weighted by molar-refractivity contribution is 0.514. The number of hydrogen-bond donors (Lipinski definition) is 1. The molecule has 1 heterocycles. The van der Waals surface area contributed by atoms with Gasteiger partial charge in [-0.25, -0.2) is 4.98 Å². The molecule has 1 aromatic rings. The normalized spacial score (nSPS) is 13.6. The maximum absolute atomic E-state index is 5.88. The molecule has 74 valence electrons. The van der Waals surface area contributed by atoms with Crippen molar-refractivity contribution in [3.63, 3.8) is 0 Å². The van der Waals surface area contributed by atoms with Crippen LogP contribution in [0.25, 0.3) is 0 Å². The predicted molar refractivity (Wildman–Crippen MR) is 54.6 cm³/mol. The molecule has 0 aromatic carbocycles. The van der Waals surface area contributed by atoms with Crippen LogP contribution < -0.4 is 5.73 Å². The molecule has 2 N–H and O–H groups in total. The zero-order valence-electron chi connectivity index (χ0n) is 8.70. The van der Waals surface area contributed by atoms with Crippen LogP contribution >= 0.6 is 0 Å². The quantitative estimate of drug-likeness (QED) is 0.769. The van der Waals surface area contributed by atoms with Gasteiger partial charge in [0.1, 0.15) is 5.82 Å². The van der Waals surface area contributed by atoms with Crippen molar-refractivity contribution in [2.45, 2.75) is 45.7 Å². The highest BCUT2D eigenvalue weighted by atomic mass is 15.1. The molecule has 3 nitrogen and oxygen atoms in total. The largest absolute Gasteiger partial charge is 0.333 e. The van der Waals surface area contributed by atoms with E-state index in [1.807, 2.05) is 12.4 Å². The lowest BCUT2D eigenvalue weighted by atomic mass is 10.2. The van der Waals surface area contributed by atoms with Gasteiger partial charge in [0.15, 0.2) is 0 Å². The molecule has 0 amide bonds. The Bertz CT molecular complexity index is 252. The van der Waals surface area contributed by atoms with Gasteiger partial charge in [-0.1, -0.05) is 20.8 Å². The third kappa shape index (κ3) is 2.56. The van der Waals surface area contributed by atoms with Gasteiger partial charge in [0.05, 0.1) is 0 Å². The lowest BCUT2D eigenvalue weighted by Gasteiger charge is -2.14. The van der Waals surface area contributed by atoms with Gasteiger partial charge < -0.3 is 10.3 Å². The Kier molecular flexibility index (Phi) is 3.48. The maximum Gasteiger partial charge on any atom is 0.111 e. The van der Waals surface area contributed by atoms with E-state index in [1.54, 1.807) is 0 Å². The van der Waals surface area contributed by atoms with Gasteiger partial charge in [-0.2, -0.15) is 0 Å². The van der Waals surface area contributed by atoms with E-state index in [4.69, 9.17) is 5.73 Å². The summed E-state index contributed by atoms with van der Waals surface area (Å²) in [5, 5.41) is 0. The van der Waals surface area contributed by atoms with E-state index in [0.29, 0.717) is 5.92 Å². The monoisotopic (exact) mass is 181 g/mol. The zero-order chi connectivity index (χ0) is 9.84. The molecule has 0 radical (unpaired) electrons. The molecular formula is C10H19N3. The molecule has 1 aromatic heterocycles. The summed E-state index contributed by atoms with van der Waals surface area (Å²) >= 11 is 0. The highest BCUT2D eigenvalue weighted by molar-refractivity contribution is 4.97. The molecule has 0 fully saturated rings. The van der Waals surface area contributed by atoms with Crippen molar-refractivity contribution in [3.05, 3.63) is 18.2 Å². The standard InChI is InChI=1S/C10H19N3/c1-4-9(11)7-13-6-5-12-10(13)8(2)3/h5-6,8-9H,4,7,11H2,1-3H3. The number of rotatable bonds is 4. The van der Waals surface area contributed by atoms with Gasteiger partial charge in [0, 0.05) is 30.9 Å². The SMILES string of the molecule is CCC(N)Cn1ccnc1C(C)C. The molecule has 0 aliphatic rings. The minimum Gasteiger partial charge on any atom is -0.333 e. The van der Waals surface area contributed by atoms with Gasteiger partial charge in [-0.05, 0) is 6.42 Å². The summed E-state index contributed by atoms with van der Waals surface area (Å²) in [5.74, 6) is 1.60. The Morgan fingerprint density at radius 1 is 1.54 bits per heavy atom. The van der Waals surface area contributed by atoms with Crippen molar-refractivity contribution < 1.29 is 0 Å². The number of aromatic nitrogens is 2. The van der Waals surface area contributed by atoms with Crippen LogP contribution in [-0.4, -0.2) is 15.6 Å². The van der Waals surface area contributed by atoms with E-state index in [2.05, 4.69) is 30.3 Å². The van der Waals surface area contributed by atoms with Gasteiger partial charge >= 0.3 is 0 Å². The third-order valence-corrected chi connectivity index (χ3v) is 2.22. The van der Waals surface area contributed by atoms with Crippen LogP contribution in [0.5, 0.6) is 0 Å². The number of nitrogens with two attached hydrogens (primary N) is 1. The van der Waals surface area contributed by atoms with Crippen LogP contribution in [0.1, 0.15) is 38.9 Å². The Balaban J connectivity index is 2.70. The fourth-order valence-electron chi connectivity index (χ4n) is 1.36. The second-order valence-electron chi connectivity index (χ2n) is 3.76. The van der Waals surface area contributed by atoms with Crippen LogP contribution in [0.3, 0.4) is 0 Å². The molecule has 1 unspecified atom stereocenters. The molecule has 13 heavy (non-hydrogen) atoms. The summed E-state index contributed by atoms with van der Waals surface area (Å²) in [6, 6.07) is 0.242. The maximum atomic E-state index is 5.88. The molecule has 3 heteroatoms. The Morgan fingerprint density at radius 3 is 2.77 bits per heavy atom. The fraction of sp³-hybridized carbons (Fsp3) is 0.700. The second kappa shape index (κ2) is 4.42. The highest BCUT2D eigenvalue weighted by Gasteiger charge is 2.08. The lowest BCUT2D eigenvalue weighted by Crippen LogP contribution is -2.25. The van der Waals surface area contributed by atoms with E-state index < -0.39 is 0 Å². The first-order chi connectivity index (χ1) is 6.15. The smallest absolute Gasteiger partial charge is 0.111 e. The first kappa shape index (κ1) is 10.3. The summed E-state index contributed by atoms with van der Waals surface area (Å²) < 4.78 is 2.15. The molecule has 1 atom stereocenters. The molecule has 0 saturated carbocycles. The number of nitrogens with zero attached hydrogens (tertiary/aromatic N) is 2. The van der Waals surface area contributed by atoms with E-state index >= 15 is 0 Å². The number of imidazole rings is 1. The van der Waals surface area contributed by atoms with Crippen molar-refractivity contribution in [1.29, 1.82) is 0 Å². The molecule has 0 spiro atoms. The van der Waals surface area contributed by atoms with Crippen LogP contribution in [0.15, 0.2) is 12.4 Å². The van der Waals surface area contributed by atoms with E-state index in [9.17, 15) is 0 Å². The van der Waals surface area contributed by atoms with Crippen molar-refractivity contribution in [2.75, 3.05) is 0 Å². The van der Waals surface area contributed by atoms with Gasteiger partial charge in [-0.15, -0.1) is 0 Å². The van der Waals surface area contributed by atoms with E-state index in [0.717, 1.165) is 18.8 Å². The summed E-state index contributed by atoms with van der Waals surface area (Å²) in [6.07, 6.45) is 4.86. The zero-order valence-corrected chi connectivity index (χ0v) is 8.70. The summed E-state index contributed by atoms with van der Waals surface area (Å²) in [4.78, 5) is 4.31. The molecule has 0 aliphatic heterocycles. The van der Waals surface area contributed by atoms with Gasteiger partial charge in [0.25, 0.3) is 0 Å². The predicted octanol–water partition coefficient (Wildman–Crippen LogP) is 1.74. The van der Waals surface area contributed by atoms with Crippen LogP contribution in [0.4, 0.5) is 0 Å². The Hall–Kier alpha value is -0.830. The highest BCUT2D eigenvalue weighted by Crippen LogP contribution is 2.12. The van der Waals surface area contributed by atoms with Crippen molar-refractivity contribution in [1.82, 2.24) is 9.55 Å². The topological polar surface area (TPSA) is 43.8 Å². The minimum atomic E-state index is 0.242. The van der Waals surface area contributed by atoms with Crippen LogP contribution in [0.2, 0.25) is 0 Å². The molecule has 1 rings (SSSR count). The van der Waals surface area contributed by atoms with Gasteiger partial charge in [-0.3, -0.25) is 0 Å². The molecule has 0 bridgehead atoms. The van der Waals surface area contributed by atoms with Crippen molar-refractivity contribution >= 4 is 0 Å². The molecular weight excluding hydrogens is 162 g/mol. The summed E-state index contributed by atoms with van der Waals surface area (Å²) in [7, 11) is 0. The average molecular weight is 181 g/mol. The minimum absolute atomic E-state index is 0.242. The third-order valence-electron chi connectivity index (χ3n) is 2.22.